The number of H-pyrrole nitrogens is 1. The predicted molar refractivity (Wildman–Crippen MR) is 103 cm³/mol. The Bertz CT molecular complexity index is 912. The summed E-state index contributed by atoms with van der Waals surface area (Å²) in [5.74, 6) is -1.03. The molecule has 0 radical (unpaired) electrons. The zero-order valence-electron chi connectivity index (χ0n) is 17.0. The maximum atomic E-state index is 12.6. The van der Waals surface area contributed by atoms with Crippen molar-refractivity contribution in [2.45, 2.75) is 40.7 Å². The van der Waals surface area contributed by atoms with Gasteiger partial charge in [0.25, 0.3) is 0 Å². The third-order valence-corrected chi connectivity index (χ3v) is 4.65. The number of esters is 2. The minimum absolute atomic E-state index is 0.216. The van der Waals surface area contributed by atoms with Crippen LogP contribution in [0.15, 0.2) is 18.2 Å². The summed E-state index contributed by atoms with van der Waals surface area (Å²) in [4.78, 5) is 39.5. The average molecular weight is 387 g/mol. The summed E-state index contributed by atoms with van der Waals surface area (Å²) in [7, 11) is 1.27. The second-order valence-electron chi connectivity index (χ2n) is 6.60. The Labute approximate surface area is 164 Å². The Hall–Kier alpha value is -3.09. The number of aromatic nitrogens is 1. The summed E-state index contributed by atoms with van der Waals surface area (Å²) in [5, 5.41) is 0. The summed E-state index contributed by atoms with van der Waals surface area (Å²) < 4.78 is 15.4. The number of ketones is 1. The lowest BCUT2D eigenvalue weighted by atomic mass is 10.1. The molecule has 0 saturated heterocycles. The number of aryl methyl sites for hydroxylation is 2. The summed E-state index contributed by atoms with van der Waals surface area (Å²) >= 11 is 0. The number of carbonyl (C=O) groups is 3. The van der Waals surface area contributed by atoms with Crippen LogP contribution in [0.2, 0.25) is 0 Å². The molecule has 0 unspecified atom stereocenters. The number of Topliss-reactive ketones (excluding diaryl/α,β-unsaturated/α-hetero) is 1. The number of aromatic amines is 1. The fourth-order valence-electron chi connectivity index (χ4n) is 2.91. The Morgan fingerprint density at radius 1 is 1.07 bits per heavy atom. The van der Waals surface area contributed by atoms with Crippen molar-refractivity contribution >= 4 is 17.7 Å². The lowest BCUT2D eigenvalue weighted by Crippen LogP contribution is -2.28. The van der Waals surface area contributed by atoms with Gasteiger partial charge in [0.15, 0.2) is 12.7 Å². The third-order valence-electron chi connectivity index (χ3n) is 4.65. The van der Waals surface area contributed by atoms with Gasteiger partial charge in [0.1, 0.15) is 5.75 Å². The molecule has 0 bridgehead atoms. The summed E-state index contributed by atoms with van der Waals surface area (Å²) in [6.45, 7) is 8.33. The first-order valence-corrected chi connectivity index (χ1v) is 8.87. The molecular weight excluding hydrogens is 362 g/mol. The summed E-state index contributed by atoms with van der Waals surface area (Å²) in [6, 6.07) is 5.55. The number of rotatable bonds is 7. The SMILES string of the molecule is COC(=O)c1c(C)[nH]c(C(=O)[C@H](C)OC(=O)COc2cccc(C)c2C)c1C. The maximum absolute atomic E-state index is 12.6. The molecule has 1 heterocycles. The summed E-state index contributed by atoms with van der Waals surface area (Å²) in [5.41, 5.74) is 3.49. The van der Waals surface area contributed by atoms with E-state index >= 15 is 0 Å². The monoisotopic (exact) mass is 387 g/mol. The van der Waals surface area contributed by atoms with Crippen molar-refractivity contribution in [2.75, 3.05) is 13.7 Å². The van der Waals surface area contributed by atoms with Crippen LogP contribution < -0.4 is 4.74 Å². The van der Waals surface area contributed by atoms with Gasteiger partial charge in [0.05, 0.1) is 18.4 Å². The van der Waals surface area contributed by atoms with Gasteiger partial charge in [0, 0.05) is 5.69 Å². The van der Waals surface area contributed by atoms with Gasteiger partial charge in [-0.15, -0.1) is 0 Å². The molecule has 1 aromatic carbocycles. The third kappa shape index (κ3) is 4.42. The van der Waals surface area contributed by atoms with Crippen molar-refractivity contribution in [3.8, 4) is 5.75 Å². The van der Waals surface area contributed by atoms with E-state index in [1.54, 1.807) is 19.9 Å². The van der Waals surface area contributed by atoms with E-state index in [0.717, 1.165) is 11.1 Å². The highest BCUT2D eigenvalue weighted by molar-refractivity contribution is 6.03. The van der Waals surface area contributed by atoms with Crippen LogP contribution in [0.5, 0.6) is 5.75 Å². The fraction of sp³-hybridized carbons (Fsp3) is 0.381. The highest BCUT2D eigenvalue weighted by Crippen LogP contribution is 2.22. The van der Waals surface area contributed by atoms with Crippen LogP contribution in [-0.2, 0) is 14.3 Å². The lowest BCUT2D eigenvalue weighted by molar-refractivity contribution is -0.148. The molecule has 7 heteroatoms. The molecule has 1 atom stereocenters. The Morgan fingerprint density at radius 3 is 2.39 bits per heavy atom. The molecule has 0 saturated carbocycles. The smallest absolute Gasteiger partial charge is 0.344 e. The topological polar surface area (TPSA) is 94.7 Å². The quantitative estimate of drug-likeness (QED) is 0.579. The molecule has 0 fully saturated rings. The van der Waals surface area contributed by atoms with Crippen molar-refractivity contribution in [3.63, 3.8) is 0 Å². The van der Waals surface area contributed by atoms with Crippen LogP contribution in [0.25, 0.3) is 0 Å². The number of methoxy groups -OCH3 is 1. The zero-order chi connectivity index (χ0) is 21.0. The van der Waals surface area contributed by atoms with E-state index in [1.165, 1.54) is 14.0 Å². The van der Waals surface area contributed by atoms with Crippen LogP contribution in [0.3, 0.4) is 0 Å². The molecule has 0 spiro atoms. The first-order valence-electron chi connectivity index (χ1n) is 8.87. The molecule has 0 aliphatic heterocycles. The van der Waals surface area contributed by atoms with Crippen molar-refractivity contribution in [2.24, 2.45) is 0 Å². The molecule has 150 valence electrons. The van der Waals surface area contributed by atoms with Gasteiger partial charge in [-0.25, -0.2) is 9.59 Å². The first-order chi connectivity index (χ1) is 13.2. The first kappa shape index (κ1) is 21.2. The number of nitrogens with one attached hydrogen (secondary N) is 1. The second-order valence-corrected chi connectivity index (χ2v) is 6.60. The molecule has 1 N–H and O–H groups in total. The highest BCUT2D eigenvalue weighted by atomic mass is 16.6. The molecule has 0 aliphatic rings. The number of benzene rings is 1. The molecule has 7 nitrogen and oxygen atoms in total. The number of carbonyl (C=O) groups excluding carboxylic acids is 3. The van der Waals surface area contributed by atoms with Crippen molar-refractivity contribution in [1.29, 1.82) is 0 Å². The van der Waals surface area contributed by atoms with E-state index in [-0.39, 0.29) is 12.3 Å². The normalized spacial score (nSPS) is 11.6. The Balaban J connectivity index is 2.03. The Kier molecular flexibility index (Phi) is 6.62. The molecule has 2 aromatic rings. The van der Waals surface area contributed by atoms with Gasteiger partial charge >= 0.3 is 11.9 Å². The molecule has 0 amide bonds. The average Bonchev–Trinajstić information content (AvgIpc) is 2.95. The Morgan fingerprint density at radius 2 is 1.75 bits per heavy atom. The molecular formula is C21H25NO6. The minimum Gasteiger partial charge on any atom is -0.482 e. The van der Waals surface area contributed by atoms with E-state index in [2.05, 4.69) is 4.98 Å². The van der Waals surface area contributed by atoms with Gasteiger partial charge in [-0.3, -0.25) is 4.79 Å². The fourth-order valence-corrected chi connectivity index (χ4v) is 2.91. The van der Waals surface area contributed by atoms with E-state index in [4.69, 9.17) is 14.2 Å². The van der Waals surface area contributed by atoms with Crippen LogP contribution >= 0.6 is 0 Å². The standard InChI is InChI=1S/C21H25NO6/c1-11-8-7-9-16(12(11)2)27-10-17(23)28-15(5)20(24)19-13(3)18(14(4)22-19)21(25)26-6/h7-9,15,22H,10H2,1-6H3/t15-/m0/s1. The van der Waals surface area contributed by atoms with E-state index in [1.807, 2.05) is 26.0 Å². The van der Waals surface area contributed by atoms with E-state index < -0.39 is 23.8 Å². The van der Waals surface area contributed by atoms with E-state index in [9.17, 15) is 14.4 Å². The van der Waals surface area contributed by atoms with E-state index in [0.29, 0.717) is 22.6 Å². The largest absolute Gasteiger partial charge is 0.482 e. The predicted octanol–water partition coefficient (Wildman–Crippen LogP) is 3.23. The van der Waals surface area contributed by atoms with Gasteiger partial charge in [0.2, 0.25) is 5.78 Å². The van der Waals surface area contributed by atoms with Crippen LogP contribution in [0.1, 0.15) is 50.2 Å². The molecule has 2 rings (SSSR count). The molecule has 0 aliphatic carbocycles. The maximum Gasteiger partial charge on any atom is 0.344 e. The number of ether oxygens (including phenoxy) is 3. The summed E-state index contributed by atoms with van der Waals surface area (Å²) in [6.07, 6.45) is -1.03. The highest BCUT2D eigenvalue weighted by Gasteiger charge is 2.27. The lowest BCUT2D eigenvalue weighted by Gasteiger charge is -2.14. The van der Waals surface area contributed by atoms with Gasteiger partial charge in [-0.05, 0) is 57.4 Å². The molecule has 1 aromatic heterocycles. The molecule has 28 heavy (non-hydrogen) atoms. The number of hydrogen-bond acceptors (Lipinski definition) is 6. The minimum atomic E-state index is -1.03. The van der Waals surface area contributed by atoms with Gasteiger partial charge in [-0.2, -0.15) is 0 Å². The van der Waals surface area contributed by atoms with Crippen LogP contribution in [-0.4, -0.2) is 42.5 Å². The van der Waals surface area contributed by atoms with Gasteiger partial charge in [-0.1, -0.05) is 12.1 Å². The van der Waals surface area contributed by atoms with Crippen molar-refractivity contribution in [1.82, 2.24) is 4.98 Å². The van der Waals surface area contributed by atoms with Crippen molar-refractivity contribution in [3.05, 3.63) is 51.8 Å². The van der Waals surface area contributed by atoms with Crippen LogP contribution in [0, 0.1) is 27.7 Å². The van der Waals surface area contributed by atoms with Crippen LogP contribution in [0.4, 0.5) is 0 Å². The zero-order valence-corrected chi connectivity index (χ0v) is 17.0. The second kappa shape index (κ2) is 8.73. The van der Waals surface area contributed by atoms with Crippen molar-refractivity contribution < 1.29 is 28.6 Å². The van der Waals surface area contributed by atoms with Gasteiger partial charge < -0.3 is 19.2 Å². The number of hydrogen-bond donors (Lipinski definition) is 1.